The van der Waals surface area contributed by atoms with Gasteiger partial charge in [0.15, 0.2) is 0 Å². The first kappa shape index (κ1) is 11.4. The van der Waals surface area contributed by atoms with Gasteiger partial charge in [0.25, 0.3) is 0 Å². The van der Waals surface area contributed by atoms with Crippen LogP contribution in [0.1, 0.15) is 33.1 Å². The summed E-state index contributed by atoms with van der Waals surface area (Å²) < 4.78 is 0. The lowest BCUT2D eigenvalue weighted by atomic mass is 9.91. The number of hydrogen-bond donors (Lipinski definition) is 1. The van der Waals surface area contributed by atoms with Crippen LogP contribution in [0.5, 0.6) is 0 Å². The molecular weight excluding hydrogens is 188 g/mol. The molecule has 15 heavy (non-hydrogen) atoms. The molecule has 0 aromatic heterocycles. The van der Waals surface area contributed by atoms with Crippen molar-refractivity contribution in [3.8, 4) is 0 Å². The van der Waals surface area contributed by atoms with Gasteiger partial charge in [0.1, 0.15) is 6.23 Å². The van der Waals surface area contributed by atoms with Crippen molar-refractivity contribution in [3.63, 3.8) is 0 Å². The van der Waals surface area contributed by atoms with Crippen LogP contribution < -0.4 is 0 Å². The highest BCUT2D eigenvalue weighted by Crippen LogP contribution is 2.26. The minimum absolute atomic E-state index is 0.242. The molecule has 3 heteroatoms. The van der Waals surface area contributed by atoms with Crippen molar-refractivity contribution in [2.75, 3.05) is 26.2 Å². The summed E-state index contributed by atoms with van der Waals surface area (Å²) in [6.07, 6.45) is 3.97. The van der Waals surface area contributed by atoms with Crippen molar-refractivity contribution in [1.29, 1.82) is 0 Å². The Morgan fingerprint density at radius 2 is 1.67 bits per heavy atom. The van der Waals surface area contributed by atoms with E-state index in [1.807, 2.05) is 0 Å². The highest BCUT2D eigenvalue weighted by atomic mass is 16.3. The van der Waals surface area contributed by atoms with E-state index in [2.05, 4.69) is 23.6 Å². The molecule has 1 aliphatic carbocycles. The van der Waals surface area contributed by atoms with Gasteiger partial charge in [-0.2, -0.15) is 0 Å². The monoisotopic (exact) mass is 212 g/mol. The smallest absolute Gasteiger partial charge is 0.109 e. The molecule has 0 aromatic rings. The van der Waals surface area contributed by atoms with Crippen LogP contribution in [-0.2, 0) is 0 Å². The van der Waals surface area contributed by atoms with E-state index in [-0.39, 0.29) is 6.23 Å². The maximum atomic E-state index is 9.95. The van der Waals surface area contributed by atoms with Crippen molar-refractivity contribution in [3.05, 3.63) is 0 Å². The van der Waals surface area contributed by atoms with E-state index in [1.54, 1.807) is 0 Å². The summed E-state index contributed by atoms with van der Waals surface area (Å²) in [4.78, 5) is 4.83. The Hall–Kier alpha value is -0.120. The average Bonchev–Trinajstić information content (AvgIpc) is 2.15. The summed E-state index contributed by atoms with van der Waals surface area (Å²) in [6.45, 7) is 8.54. The largest absolute Gasteiger partial charge is 0.378 e. The topological polar surface area (TPSA) is 26.7 Å². The molecule has 3 nitrogen and oxygen atoms in total. The zero-order valence-electron chi connectivity index (χ0n) is 10.0. The molecule has 1 atom stereocenters. The quantitative estimate of drug-likeness (QED) is 0.760. The summed E-state index contributed by atoms with van der Waals surface area (Å²) >= 11 is 0. The molecule has 1 aliphatic heterocycles. The first-order valence-corrected chi connectivity index (χ1v) is 6.34. The molecule has 0 amide bonds. The zero-order chi connectivity index (χ0) is 10.8. The van der Waals surface area contributed by atoms with E-state index in [4.69, 9.17) is 0 Å². The van der Waals surface area contributed by atoms with Crippen LogP contribution in [0.25, 0.3) is 0 Å². The van der Waals surface area contributed by atoms with Gasteiger partial charge >= 0.3 is 0 Å². The number of rotatable bonds is 3. The van der Waals surface area contributed by atoms with Gasteiger partial charge in [-0.3, -0.25) is 9.80 Å². The average molecular weight is 212 g/mol. The van der Waals surface area contributed by atoms with Gasteiger partial charge in [-0.05, 0) is 18.8 Å². The number of aliphatic hydroxyl groups is 1. The van der Waals surface area contributed by atoms with E-state index >= 15 is 0 Å². The molecule has 2 aliphatic rings. The summed E-state index contributed by atoms with van der Waals surface area (Å²) in [5.41, 5.74) is 0. The number of nitrogens with zero attached hydrogens (tertiary/aromatic N) is 2. The molecule has 1 saturated heterocycles. The molecule has 88 valence electrons. The first-order valence-electron chi connectivity index (χ1n) is 6.34. The van der Waals surface area contributed by atoms with Gasteiger partial charge in [-0.25, -0.2) is 0 Å². The molecule has 0 radical (unpaired) electrons. The fourth-order valence-electron chi connectivity index (χ4n) is 2.54. The Labute approximate surface area is 93.1 Å². The third-order valence-corrected chi connectivity index (χ3v) is 3.91. The van der Waals surface area contributed by atoms with E-state index in [9.17, 15) is 5.11 Å². The fourth-order valence-corrected chi connectivity index (χ4v) is 2.54. The molecule has 1 saturated carbocycles. The van der Waals surface area contributed by atoms with Crippen molar-refractivity contribution < 1.29 is 5.11 Å². The van der Waals surface area contributed by atoms with Crippen LogP contribution >= 0.6 is 0 Å². The zero-order valence-corrected chi connectivity index (χ0v) is 10.0. The number of aliphatic hydroxyl groups excluding tert-OH is 1. The van der Waals surface area contributed by atoms with Gasteiger partial charge in [0.2, 0.25) is 0 Å². The second-order valence-electron chi connectivity index (χ2n) is 5.31. The number of hydrogen-bond acceptors (Lipinski definition) is 3. The van der Waals surface area contributed by atoms with Crippen molar-refractivity contribution in [2.45, 2.75) is 45.4 Å². The number of piperazine rings is 1. The van der Waals surface area contributed by atoms with Crippen LogP contribution in [0.2, 0.25) is 0 Å². The lowest BCUT2D eigenvalue weighted by Crippen LogP contribution is -2.55. The third kappa shape index (κ3) is 2.52. The predicted molar refractivity (Wildman–Crippen MR) is 61.6 cm³/mol. The van der Waals surface area contributed by atoms with E-state index in [1.165, 1.54) is 19.3 Å². The maximum Gasteiger partial charge on any atom is 0.109 e. The van der Waals surface area contributed by atoms with E-state index < -0.39 is 0 Å². The summed E-state index contributed by atoms with van der Waals surface area (Å²) in [5, 5.41) is 9.95. The van der Waals surface area contributed by atoms with Gasteiger partial charge in [-0.1, -0.05) is 20.3 Å². The first-order chi connectivity index (χ1) is 7.18. The van der Waals surface area contributed by atoms with Crippen LogP contribution in [0.15, 0.2) is 0 Å². The lowest BCUT2D eigenvalue weighted by Gasteiger charge is -2.44. The van der Waals surface area contributed by atoms with Crippen LogP contribution in [0.3, 0.4) is 0 Å². The normalized spacial score (nSPS) is 28.0. The third-order valence-electron chi connectivity index (χ3n) is 3.91. The molecule has 1 unspecified atom stereocenters. The molecular formula is C12H24N2O. The second kappa shape index (κ2) is 4.81. The molecule has 1 N–H and O–H groups in total. The fraction of sp³-hybridized carbons (Fsp3) is 1.00. The van der Waals surface area contributed by atoms with Gasteiger partial charge in [0, 0.05) is 32.2 Å². The maximum absolute atomic E-state index is 9.95. The highest BCUT2D eigenvalue weighted by molar-refractivity contribution is 4.84. The lowest BCUT2D eigenvalue weighted by molar-refractivity contribution is -0.0624. The highest BCUT2D eigenvalue weighted by Gasteiger charge is 2.30. The molecule has 2 fully saturated rings. The summed E-state index contributed by atoms with van der Waals surface area (Å²) in [6, 6.07) is 0.864. The van der Waals surface area contributed by atoms with E-state index in [0.29, 0.717) is 5.92 Å². The van der Waals surface area contributed by atoms with Gasteiger partial charge in [-0.15, -0.1) is 0 Å². The Morgan fingerprint density at radius 3 is 2.07 bits per heavy atom. The predicted octanol–water partition coefficient (Wildman–Crippen LogP) is 1.13. The molecule has 0 bridgehead atoms. The summed E-state index contributed by atoms with van der Waals surface area (Å²) in [5.74, 6) is 0.347. The molecule has 1 heterocycles. The van der Waals surface area contributed by atoms with Crippen molar-refractivity contribution >= 4 is 0 Å². The van der Waals surface area contributed by atoms with Crippen molar-refractivity contribution in [1.82, 2.24) is 9.80 Å². The van der Waals surface area contributed by atoms with Gasteiger partial charge < -0.3 is 5.11 Å². The van der Waals surface area contributed by atoms with Gasteiger partial charge in [0.05, 0.1) is 0 Å². The standard InChI is InChI=1S/C12H24N2O/c1-10(2)12(15)14-8-6-13(7-9-14)11-4-3-5-11/h10-12,15H,3-9H2,1-2H3. The summed E-state index contributed by atoms with van der Waals surface area (Å²) in [7, 11) is 0. The molecule has 2 rings (SSSR count). The Morgan fingerprint density at radius 1 is 1.07 bits per heavy atom. The minimum atomic E-state index is -0.242. The molecule has 0 aromatic carbocycles. The second-order valence-corrected chi connectivity index (χ2v) is 5.31. The Bertz CT molecular complexity index is 196. The Kier molecular flexibility index (Phi) is 3.65. The van der Waals surface area contributed by atoms with Crippen molar-refractivity contribution in [2.24, 2.45) is 5.92 Å². The van der Waals surface area contributed by atoms with E-state index in [0.717, 1.165) is 32.2 Å². The molecule has 0 spiro atoms. The van der Waals surface area contributed by atoms with Crippen LogP contribution in [0.4, 0.5) is 0 Å². The Balaban J connectivity index is 1.76. The SMILES string of the molecule is CC(C)C(O)N1CCN(C2CCC2)CC1. The van der Waals surface area contributed by atoms with Crippen LogP contribution in [-0.4, -0.2) is 53.4 Å². The minimum Gasteiger partial charge on any atom is -0.378 e. The van der Waals surface area contributed by atoms with Crippen LogP contribution in [0, 0.1) is 5.92 Å².